The van der Waals surface area contributed by atoms with Crippen molar-refractivity contribution in [2.75, 3.05) is 12.4 Å². The summed E-state index contributed by atoms with van der Waals surface area (Å²) in [6.45, 7) is 0. The topological polar surface area (TPSA) is 62.1 Å². The van der Waals surface area contributed by atoms with E-state index in [4.69, 9.17) is 4.74 Å². The van der Waals surface area contributed by atoms with Crippen LogP contribution in [-0.2, 0) is 11.0 Å². The van der Waals surface area contributed by atoms with Gasteiger partial charge in [0.2, 0.25) is 0 Å². The number of benzene rings is 3. The van der Waals surface area contributed by atoms with Crippen LogP contribution in [0.3, 0.4) is 0 Å². The molecule has 0 saturated heterocycles. The zero-order valence-electron chi connectivity index (χ0n) is 15.2. The number of rotatable bonds is 4. The number of hydrogen-bond acceptors (Lipinski definition) is 3. The third-order valence-corrected chi connectivity index (χ3v) is 4.25. The molecule has 3 aromatic carbocycles. The van der Waals surface area contributed by atoms with E-state index in [1.54, 1.807) is 12.1 Å². The fourth-order valence-electron chi connectivity index (χ4n) is 2.87. The number of anilines is 1. The van der Waals surface area contributed by atoms with Crippen LogP contribution in [0.4, 0.5) is 18.9 Å². The van der Waals surface area contributed by atoms with Crippen LogP contribution in [-0.4, -0.2) is 13.0 Å². The Bertz CT molecular complexity index is 1140. The van der Waals surface area contributed by atoms with Crippen molar-refractivity contribution in [3.05, 3.63) is 77.4 Å². The highest BCUT2D eigenvalue weighted by atomic mass is 19.4. The smallest absolute Gasteiger partial charge is 0.416 e. The van der Waals surface area contributed by atoms with Crippen LogP contribution in [0, 0.1) is 11.3 Å². The van der Waals surface area contributed by atoms with Gasteiger partial charge < -0.3 is 10.1 Å². The number of nitriles is 1. The molecule has 0 aliphatic rings. The van der Waals surface area contributed by atoms with Gasteiger partial charge in [-0.25, -0.2) is 0 Å². The number of amides is 1. The first-order valence-electron chi connectivity index (χ1n) is 8.49. The van der Waals surface area contributed by atoms with Crippen LogP contribution in [0.1, 0.15) is 11.1 Å². The van der Waals surface area contributed by atoms with Gasteiger partial charge in [0.05, 0.1) is 12.7 Å². The van der Waals surface area contributed by atoms with Crippen molar-refractivity contribution in [1.82, 2.24) is 0 Å². The van der Waals surface area contributed by atoms with E-state index in [0.29, 0.717) is 11.3 Å². The second kappa shape index (κ2) is 8.07. The highest BCUT2D eigenvalue weighted by Crippen LogP contribution is 2.32. The second-order valence-electron chi connectivity index (χ2n) is 6.11. The van der Waals surface area contributed by atoms with Crippen molar-refractivity contribution in [2.45, 2.75) is 6.18 Å². The molecule has 1 amide bonds. The first-order chi connectivity index (χ1) is 13.8. The number of ether oxygens (including phenoxy) is 1. The molecule has 0 unspecified atom stereocenters. The molecule has 0 atom stereocenters. The molecule has 7 heteroatoms. The molecule has 3 aromatic rings. The third-order valence-electron chi connectivity index (χ3n) is 4.25. The Hall–Kier alpha value is -3.79. The van der Waals surface area contributed by atoms with E-state index in [0.717, 1.165) is 22.9 Å². The Morgan fingerprint density at radius 3 is 2.55 bits per heavy atom. The van der Waals surface area contributed by atoms with Gasteiger partial charge in [-0.3, -0.25) is 4.79 Å². The molecule has 0 fully saturated rings. The number of alkyl halides is 3. The Balaban J connectivity index is 1.99. The molecule has 29 heavy (non-hydrogen) atoms. The fraction of sp³-hybridized carbons (Fsp3) is 0.0909. The zero-order chi connectivity index (χ0) is 21.0. The quantitative estimate of drug-likeness (QED) is 0.474. The van der Waals surface area contributed by atoms with E-state index in [9.17, 15) is 23.2 Å². The summed E-state index contributed by atoms with van der Waals surface area (Å²) < 4.78 is 43.9. The normalized spacial score (nSPS) is 11.8. The summed E-state index contributed by atoms with van der Waals surface area (Å²) in [4.78, 5) is 12.5. The van der Waals surface area contributed by atoms with Gasteiger partial charge in [0.1, 0.15) is 17.4 Å². The maximum Gasteiger partial charge on any atom is 0.416 e. The van der Waals surface area contributed by atoms with Gasteiger partial charge in [0, 0.05) is 11.3 Å². The molecule has 0 aliphatic heterocycles. The average Bonchev–Trinajstić information content (AvgIpc) is 2.71. The molecule has 0 aliphatic carbocycles. The lowest BCUT2D eigenvalue weighted by Gasteiger charge is -2.11. The maximum atomic E-state index is 12.9. The molecular formula is C22H15F3N2O2. The Labute approximate surface area is 164 Å². The van der Waals surface area contributed by atoms with Crippen LogP contribution in [0.25, 0.3) is 16.8 Å². The summed E-state index contributed by atoms with van der Waals surface area (Å²) in [5, 5.41) is 13.5. The predicted molar refractivity (Wildman–Crippen MR) is 104 cm³/mol. The molecule has 0 bridgehead atoms. The molecule has 0 heterocycles. The van der Waals surface area contributed by atoms with Gasteiger partial charge >= 0.3 is 6.18 Å². The number of nitrogens with zero attached hydrogens (tertiary/aromatic N) is 1. The highest BCUT2D eigenvalue weighted by Gasteiger charge is 2.30. The highest BCUT2D eigenvalue weighted by molar-refractivity contribution is 6.11. The van der Waals surface area contributed by atoms with Crippen LogP contribution in [0.2, 0.25) is 0 Å². The Morgan fingerprint density at radius 1 is 1.10 bits per heavy atom. The summed E-state index contributed by atoms with van der Waals surface area (Å²) in [7, 11) is 1.47. The number of carbonyl (C=O) groups excluding carboxylic acids is 1. The summed E-state index contributed by atoms with van der Waals surface area (Å²) in [6.07, 6.45) is -3.17. The standard InChI is InChI=1S/C22H15F3N2O2/c1-29-20-10-9-14-5-2-3-8-18(14)19(20)11-15(13-26)21(28)27-17-7-4-6-16(12-17)22(23,24)25/h2-12H,1H3,(H,27,28)/b15-11+. The van der Waals surface area contributed by atoms with Crippen molar-refractivity contribution in [3.8, 4) is 11.8 Å². The minimum Gasteiger partial charge on any atom is -0.496 e. The summed E-state index contributed by atoms with van der Waals surface area (Å²) in [5.74, 6) is -0.356. The first-order valence-corrected chi connectivity index (χ1v) is 8.49. The van der Waals surface area contributed by atoms with Crippen LogP contribution in [0.15, 0.2) is 66.2 Å². The molecule has 0 aromatic heterocycles. The van der Waals surface area contributed by atoms with Gasteiger partial charge in [-0.15, -0.1) is 0 Å². The van der Waals surface area contributed by atoms with E-state index in [-0.39, 0.29) is 11.3 Å². The van der Waals surface area contributed by atoms with Crippen molar-refractivity contribution >= 4 is 28.4 Å². The van der Waals surface area contributed by atoms with E-state index >= 15 is 0 Å². The number of halogens is 3. The molecule has 1 N–H and O–H groups in total. The molecule has 146 valence electrons. The third kappa shape index (κ3) is 4.38. The molecule has 3 rings (SSSR count). The minimum absolute atomic E-state index is 0.0594. The molecule has 4 nitrogen and oxygen atoms in total. The SMILES string of the molecule is COc1ccc2ccccc2c1/C=C(\C#N)C(=O)Nc1cccc(C(F)(F)F)c1. The van der Waals surface area contributed by atoms with Crippen molar-refractivity contribution in [1.29, 1.82) is 5.26 Å². The second-order valence-corrected chi connectivity index (χ2v) is 6.11. The minimum atomic E-state index is -4.54. The maximum absolute atomic E-state index is 12.9. The summed E-state index contributed by atoms with van der Waals surface area (Å²) >= 11 is 0. The molecule has 0 saturated carbocycles. The largest absolute Gasteiger partial charge is 0.496 e. The number of fused-ring (bicyclic) bond motifs is 1. The van der Waals surface area contributed by atoms with Gasteiger partial charge in [0.15, 0.2) is 0 Å². The number of hydrogen-bond donors (Lipinski definition) is 1. The monoisotopic (exact) mass is 396 g/mol. The summed E-state index contributed by atoms with van der Waals surface area (Å²) in [5.41, 5.74) is -0.692. The number of carbonyl (C=O) groups is 1. The van der Waals surface area contributed by atoms with Crippen molar-refractivity contribution < 1.29 is 22.7 Å². The average molecular weight is 396 g/mol. The molecular weight excluding hydrogens is 381 g/mol. The van der Waals surface area contributed by atoms with Gasteiger partial charge in [-0.2, -0.15) is 18.4 Å². The van der Waals surface area contributed by atoms with Gasteiger partial charge in [0.25, 0.3) is 5.91 Å². The van der Waals surface area contributed by atoms with E-state index in [1.807, 2.05) is 30.3 Å². The van der Waals surface area contributed by atoms with E-state index in [2.05, 4.69) is 5.32 Å². The lowest BCUT2D eigenvalue weighted by Crippen LogP contribution is -2.14. The van der Waals surface area contributed by atoms with Gasteiger partial charge in [-0.05, 0) is 41.1 Å². The number of methoxy groups -OCH3 is 1. The zero-order valence-corrected chi connectivity index (χ0v) is 15.2. The van der Waals surface area contributed by atoms with Crippen LogP contribution >= 0.6 is 0 Å². The van der Waals surface area contributed by atoms with Crippen LogP contribution < -0.4 is 10.1 Å². The fourth-order valence-corrected chi connectivity index (χ4v) is 2.87. The predicted octanol–water partition coefficient (Wildman–Crippen LogP) is 5.41. The van der Waals surface area contributed by atoms with E-state index in [1.165, 1.54) is 25.3 Å². The van der Waals surface area contributed by atoms with Crippen molar-refractivity contribution in [3.63, 3.8) is 0 Å². The molecule has 0 radical (unpaired) electrons. The Kier molecular flexibility index (Phi) is 5.55. The summed E-state index contributed by atoms with van der Waals surface area (Å²) in [6, 6.07) is 16.9. The lowest BCUT2D eigenvalue weighted by molar-refractivity contribution is -0.137. The first kappa shape index (κ1) is 20.0. The Morgan fingerprint density at radius 2 is 1.86 bits per heavy atom. The number of nitrogens with one attached hydrogen (secondary N) is 1. The molecule has 0 spiro atoms. The van der Waals surface area contributed by atoms with Gasteiger partial charge in [-0.1, -0.05) is 36.4 Å². The van der Waals surface area contributed by atoms with E-state index < -0.39 is 17.6 Å². The van der Waals surface area contributed by atoms with Crippen molar-refractivity contribution in [2.24, 2.45) is 0 Å². The lowest BCUT2D eigenvalue weighted by atomic mass is 10.0. The van der Waals surface area contributed by atoms with Crippen LogP contribution in [0.5, 0.6) is 5.75 Å².